The molecule has 1 unspecified atom stereocenters. The summed E-state index contributed by atoms with van der Waals surface area (Å²) in [6.45, 7) is 0. The van der Waals surface area contributed by atoms with Gasteiger partial charge >= 0.3 is 0 Å². The molecule has 0 spiro atoms. The molecule has 1 aliphatic carbocycles. The van der Waals surface area contributed by atoms with E-state index < -0.39 is 21.8 Å². The summed E-state index contributed by atoms with van der Waals surface area (Å²) in [5, 5.41) is 0. The summed E-state index contributed by atoms with van der Waals surface area (Å²) >= 11 is 0. The topological polar surface area (TPSA) is 71.4 Å². The van der Waals surface area contributed by atoms with Crippen molar-refractivity contribution >= 4 is 15.9 Å². The van der Waals surface area contributed by atoms with Gasteiger partial charge in [-0.05, 0) is 12.8 Å². The molecule has 1 fully saturated rings. The second-order valence-electron chi connectivity index (χ2n) is 3.16. The number of hydrogen-bond acceptors (Lipinski definition) is 3. The van der Waals surface area contributed by atoms with Gasteiger partial charge in [-0.3, -0.25) is 9.35 Å². The Morgan fingerprint density at radius 3 is 2.58 bits per heavy atom. The number of ketones is 1. The minimum atomic E-state index is -3.98. The molecule has 0 aromatic rings. The van der Waals surface area contributed by atoms with Crippen LogP contribution in [0.1, 0.15) is 25.7 Å². The van der Waals surface area contributed by atoms with Gasteiger partial charge in [-0.2, -0.15) is 8.42 Å². The monoisotopic (exact) mass is 192 g/mol. The Balaban J connectivity index is 2.56. The van der Waals surface area contributed by atoms with Crippen molar-refractivity contribution in [2.24, 2.45) is 5.92 Å². The van der Waals surface area contributed by atoms with Crippen LogP contribution in [0.15, 0.2) is 0 Å². The highest BCUT2D eigenvalue weighted by Gasteiger charge is 2.26. The van der Waals surface area contributed by atoms with Crippen LogP contribution in [0.2, 0.25) is 0 Å². The molecule has 4 nitrogen and oxygen atoms in total. The molecule has 1 saturated carbocycles. The van der Waals surface area contributed by atoms with E-state index in [9.17, 15) is 13.2 Å². The molecular weight excluding hydrogens is 180 g/mol. The molecule has 0 heterocycles. The molecule has 0 amide bonds. The maximum absolute atomic E-state index is 11.1. The maximum Gasteiger partial charge on any atom is 0.265 e. The van der Waals surface area contributed by atoms with Gasteiger partial charge in [0.25, 0.3) is 10.1 Å². The molecule has 0 radical (unpaired) electrons. The van der Waals surface area contributed by atoms with Gasteiger partial charge in [0, 0.05) is 12.3 Å². The molecule has 1 N–H and O–H groups in total. The van der Waals surface area contributed by atoms with Crippen LogP contribution in [0, 0.1) is 5.92 Å². The van der Waals surface area contributed by atoms with Gasteiger partial charge in [0.2, 0.25) is 0 Å². The molecule has 70 valence electrons. The molecule has 12 heavy (non-hydrogen) atoms. The van der Waals surface area contributed by atoms with Crippen LogP contribution in [0.4, 0.5) is 0 Å². The zero-order valence-corrected chi connectivity index (χ0v) is 7.51. The van der Waals surface area contributed by atoms with Crippen molar-refractivity contribution in [1.29, 1.82) is 0 Å². The van der Waals surface area contributed by atoms with E-state index in [1.54, 1.807) is 0 Å². The third-order valence-corrected chi connectivity index (χ3v) is 2.92. The van der Waals surface area contributed by atoms with Crippen molar-refractivity contribution in [1.82, 2.24) is 0 Å². The lowest BCUT2D eigenvalue weighted by molar-refractivity contribution is -0.123. The van der Waals surface area contributed by atoms with Crippen LogP contribution >= 0.6 is 0 Å². The highest BCUT2D eigenvalue weighted by atomic mass is 32.2. The van der Waals surface area contributed by atoms with Crippen molar-refractivity contribution in [3.8, 4) is 0 Å². The third kappa shape index (κ3) is 2.91. The van der Waals surface area contributed by atoms with E-state index in [0.717, 1.165) is 12.8 Å². The minimum absolute atomic E-state index is 0.0288. The fourth-order valence-electron chi connectivity index (χ4n) is 1.49. The Hall–Kier alpha value is -0.420. The van der Waals surface area contributed by atoms with Crippen molar-refractivity contribution in [3.63, 3.8) is 0 Å². The Morgan fingerprint density at radius 1 is 1.42 bits per heavy atom. The lowest BCUT2D eigenvalue weighted by Gasteiger charge is -2.18. The average molecular weight is 192 g/mol. The molecule has 0 aliphatic heterocycles. The number of carbonyl (C=O) groups is 1. The zero-order valence-electron chi connectivity index (χ0n) is 6.69. The molecule has 1 atom stereocenters. The molecule has 0 aromatic carbocycles. The van der Waals surface area contributed by atoms with Gasteiger partial charge in [-0.1, -0.05) is 6.42 Å². The van der Waals surface area contributed by atoms with Crippen LogP contribution in [0.5, 0.6) is 0 Å². The lowest BCUT2D eigenvalue weighted by atomic mass is 9.89. The predicted octanol–water partition coefficient (Wildman–Crippen LogP) is 0.633. The summed E-state index contributed by atoms with van der Waals surface area (Å²) in [6.07, 6.45) is 2.78. The minimum Gasteiger partial charge on any atom is -0.299 e. The van der Waals surface area contributed by atoms with Crippen LogP contribution in [-0.4, -0.2) is 24.5 Å². The van der Waals surface area contributed by atoms with E-state index >= 15 is 0 Å². The fraction of sp³-hybridized carbons (Fsp3) is 0.857. The van der Waals surface area contributed by atoms with E-state index in [2.05, 4.69) is 0 Å². The van der Waals surface area contributed by atoms with Crippen molar-refractivity contribution < 1.29 is 17.8 Å². The first-order valence-corrected chi connectivity index (χ1v) is 5.58. The summed E-state index contributed by atoms with van der Waals surface area (Å²) < 4.78 is 29.4. The summed E-state index contributed by atoms with van der Waals surface area (Å²) in [6, 6.07) is 0. The summed E-state index contributed by atoms with van der Waals surface area (Å²) in [4.78, 5) is 11.1. The van der Waals surface area contributed by atoms with E-state index in [1.807, 2.05) is 0 Å². The molecule has 0 bridgehead atoms. The SMILES string of the molecule is O=C1CCCCC1CS(=O)(=O)O. The third-order valence-electron chi connectivity index (χ3n) is 2.09. The van der Waals surface area contributed by atoms with Gasteiger partial charge in [-0.15, -0.1) is 0 Å². The molecule has 0 saturated heterocycles. The Bertz CT molecular complexity index is 267. The highest BCUT2D eigenvalue weighted by molar-refractivity contribution is 7.85. The van der Waals surface area contributed by atoms with Gasteiger partial charge in [0.1, 0.15) is 5.78 Å². The van der Waals surface area contributed by atoms with Gasteiger partial charge in [0.05, 0.1) is 5.75 Å². The number of Topliss-reactive ketones (excluding diaryl/α,β-unsaturated/α-hetero) is 1. The standard InChI is InChI=1S/C7H12O4S/c8-7-4-2-1-3-6(7)5-12(9,10)11/h6H,1-5H2,(H,9,10,11). The average Bonchev–Trinajstić information content (AvgIpc) is 1.91. The Kier molecular flexibility index (Phi) is 2.85. The van der Waals surface area contributed by atoms with E-state index in [-0.39, 0.29) is 5.78 Å². The predicted molar refractivity (Wildman–Crippen MR) is 43.4 cm³/mol. The zero-order chi connectivity index (χ0) is 9.19. The maximum atomic E-state index is 11.1. The second kappa shape index (κ2) is 3.53. The quantitative estimate of drug-likeness (QED) is 0.651. The molecule has 0 aromatic heterocycles. The smallest absolute Gasteiger partial charge is 0.265 e. The summed E-state index contributed by atoms with van der Waals surface area (Å²) in [5.41, 5.74) is 0. The first-order chi connectivity index (χ1) is 5.49. The summed E-state index contributed by atoms with van der Waals surface area (Å²) in [5.74, 6) is -0.890. The number of rotatable bonds is 2. The number of hydrogen-bond donors (Lipinski definition) is 1. The van der Waals surface area contributed by atoms with Crippen molar-refractivity contribution in [2.75, 3.05) is 5.75 Å². The van der Waals surface area contributed by atoms with Gasteiger partial charge < -0.3 is 0 Å². The normalized spacial score (nSPS) is 25.8. The molecule has 1 aliphatic rings. The summed E-state index contributed by atoms with van der Waals surface area (Å²) in [7, 11) is -3.98. The molecule has 5 heteroatoms. The van der Waals surface area contributed by atoms with E-state index in [1.165, 1.54) is 0 Å². The lowest BCUT2D eigenvalue weighted by Crippen LogP contribution is -2.26. The van der Waals surface area contributed by atoms with Gasteiger partial charge in [-0.25, -0.2) is 0 Å². The number of carbonyl (C=O) groups excluding carboxylic acids is 1. The first-order valence-electron chi connectivity index (χ1n) is 3.97. The van der Waals surface area contributed by atoms with Crippen LogP contribution in [-0.2, 0) is 14.9 Å². The van der Waals surface area contributed by atoms with E-state index in [0.29, 0.717) is 12.8 Å². The Labute approximate surface area is 71.7 Å². The Morgan fingerprint density at radius 2 is 2.08 bits per heavy atom. The highest BCUT2D eigenvalue weighted by Crippen LogP contribution is 2.21. The van der Waals surface area contributed by atoms with Crippen molar-refractivity contribution in [2.45, 2.75) is 25.7 Å². The van der Waals surface area contributed by atoms with Crippen LogP contribution in [0.25, 0.3) is 0 Å². The van der Waals surface area contributed by atoms with E-state index in [4.69, 9.17) is 4.55 Å². The second-order valence-corrected chi connectivity index (χ2v) is 4.65. The molecule has 1 rings (SSSR count). The largest absolute Gasteiger partial charge is 0.299 e. The van der Waals surface area contributed by atoms with Crippen LogP contribution in [0.3, 0.4) is 0 Å². The van der Waals surface area contributed by atoms with Crippen molar-refractivity contribution in [3.05, 3.63) is 0 Å². The fourth-order valence-corrected chi connectivity index (χ4v) is 2.35. The van der Waals surface area contributed by atoms with Gasteiger partial charge in [0.15, 0.2) is 0 Å². The molecular formula is C7H12O4S. The first kappa shape index (κ1) is 9.67. The van der Waals surface area contributed by atoms with Crippen LogP contribution < -0.4 is 0 Å².